The van der Waals surface area contributed by atoms with Gasteiger partial charge in [-0.3, -0.25) is 4.79 Å². The van der Waals surface area contributed by atoms with Gasteiger partial charge in [-0.2, -0.15) is 0 Å². The molecule has 1 atom stereocenters. The van der Waals surface area contributed by atoms with Crippen molar-refractivity contribution in [3.63, 3.8) is 0 Å². The third-order valence-corrected chi connectivity index (χ3v) is 4.28. The zero-order chi connectivity index (χ0) is 14.5. The molecule has 19 heavy (non-hydrogen) atoms. The summed E-state index contributed by atoms with van der Waals surface area (Å²) >= 11 is 0. The number of furan rings is 1. The average Bonchev–Trinajstić information content (AvgIpc) is 2.84. The zero-order valence-electron chi connectivity index (χ0n) is 11.3. The number of hydrogen-bond donors (Lipinski definition) is 0. The number of sulfone groups is 1. The molecule has 0 saturated carbocycles. The fraction of sp³-hybridized carbons (Fsp3) is 0.583. The Bertz CT molecular complexity index is 494. The van der Waals surface area contributed by atoms with E-state index in [0.29, 0.717) is 18.9 Å². The van der Waals surface area contributed by atoms with Gasteiger partial charge in [0.25, 0.3) is 0 Å². The molecule has 1 rings (SSSR count). The van der Waals surface area contributed by atoms with E-state index in [1.807, 2.05) is 0 Å². The molecule has 7 heteroatoms. The van der Waals surface area contributed by atoms with Crippen molar-refractivity contribution >= 4 is 15.7 Å². The Morgan fingerprint density at radius 1 is 1.53 bits per heavy atom. The summed E-state index contributed by atoms with van der Waals surface area (Å²) in [5.41, 5.74) is 0. The van der Waals surface area contributed by atoms with Crippen molar-refractivity contribution in [2.24, 2.45) is 0 Å². The highest BCUT2D eigenvalue weighted by Crippen LogP contribution is 2.10. The van der Waals surface area contributed by atoms with Crippen LogP contribution in [0.5, 0.6) is 0 Å². The molecule has 1 amide bonds. The molecule has 0 N–H and O–H groups in total. The highest BCUT2D eigenvalue weighted by atomic mass is 32.2. The number of carbonyl (C=O) groups is 1. The Morgan fingerprint density at radius 3 is 2.68 bits per heavy atom. The van der Waals surface area contributed by atoms with Gasteiger partial charge in [0, 0.05) is 19.9 Å². The smallest absolute Gasteiger partial charge is 0.241 e. The second kappa shape index (κ2) is 6.72. The summed E-state index contributed by atoms with van der Waals surface area (Å²) in [6, 6.07) is 3.45. The van der Waals surface area contributed by atoms with E-state index in [0.717, 1.165) is 6.26 Å². The van der Waals surface area contributed by atoms with E-state index < -0.39 is 21.0 Å². The topological polar surface area (TPSA) is 76.8 Å². The Morgan fingerprint density at radius 2 is 2.21 bits per heavy atom. The third-order valence-electron chi connectivity index (χ3n) is 2.79. The molecule has 0 saturated heterocycles. The predicted molar refractivity (Wildman–Crippen MR) is 70.3 cm³/mol. The van der Waals surface area contributed by atoms with Crippen LogP contribution in [0.1, 0.15) is 12.7 Å². The SMILES string of the molecule is COCCN(Cc1ccco1)C(=O)C(C)S(C)(=O)=O. The van der Waals surface area contributed by atoms with E-state index in [9.17, 15) is 13.2 Å². The van der Waals surface area contributed by atoms with Gasteiger partial charge in [0.15, 0.2) is 9.84 Å². The minimum absolute atomic E-state index is 0.231. The molecule has 1 aromatic heterocycles. The first kappa shape index (κ1) is 15.7. The molecule has 108 valence electrons. The minimum Gasteiger partial charge on any atom is -0.467 e. The average molecular weight is 289 g/mol. The normalized spacial score (nSPS) is 13.2. The Kier molecular flexibility index (Phi) is 5.56. The van der Waals surface area contributed by atoms with Gasteiger partial charge in [0.05, 0.1) is 19.4 Å². The number of rotatable bonds is 7. The van der Waals surface area contributed by atoms with Crippen LogP contribution >= 0.6 is 0 Å². The first-order chi connectivity index (χ1) is 8.86. The van der Waals surface area contributed by atoms with E-state index in [1.54, 1.807) is 12.1 Å². The maximum Gasteiger partial charge on any atom is 0.241 e. The van der Waals surface area contributed by atoms with Crippen LogP contribution in [0, 0.1) is 0 Å². The van der Waals surface area contributed by atoms with Gasteiger partial charge in [0.1, 0.15) is 11.0 Å². The number of hydrogen-bond acceptors (Lipinski definition) is 5. The first-order valence-corrected chi connectivity index (χ1v) is 7.80. The third kappa shape index (κ3) is 4.68. The van der Waals surface area contributed by atoms with Gasteiger partial charge in [-0.25, -0.2) is 8.42 Å². The molecule has 0 aliphatic rings. The predicted octanol–water partition coefficient (Wildman–Crippen LogP) is 0.688. The zero-order valence-corrected chi connectivity index (χ0v) is 12.1. The van der Waals surface area contributed by atoms with Crippen molar-refractivity contribution in [2.45, 2.75) is 18.7 Å². The van der Waals surface area contributed by atoms with Crippen molar-refractivity contribution in [2.75, 3.05) is 26.5 Å². The Hall–Kier alpha value is -1.34. The fourth-order valence-corrected chi connectivity index (χ4v) is 2.01. The Labute approximate surface area is 113 Å². The van der Waals surface area contributed by atoms with Crippen LogP contribution < -0.4 is 0 Å². The summed E-state index contributed by atoms with van der Waals surface area (Å²) in [5.74, 6) is 0.154. The first-order valence-electron chi connectivity index (χ1n) is 5.85. The summed E-state index contributed by atoms with van der Waals surface area (Å²) in [6.07, 6.45) is 2.56. The molecular weight excluding hydrogens is 270 g/mol. The van der Waals surface area contributed by atoms with Crippen LogP contribution in [0.25, 0.3) is 0 Å². The molecule has 0 aliphatic carbocycles. The van der Waals surface area contributed by atoms with Crippen LogP contribution in [-0.4, -0.2) is 51.0 Å². The summed E-state index contributed by atoms with van der Waals surface area (Å²) in [6.45, 7) is 2.27. The molecule has 1 aromatic rings. The summed E-state index contributed by atoms with van der Waals surface area (Å²) in [7, 11) is -1.89. The summed E-state index contributed by atoms with van der Waals surface area (Å²) in [4.78, 5) is 13.6. The van der Waals surface area contributed by atoms with Gasteiger partial charge >= 0.3 is 0 Å². The highest BCUT2D eigenvalue weighted by Gasteiger charge is 2.28. The molecule has 0 aliphatic heterocycles. The van der Waals surface area contributed by atoms with Crippen molar-refractivity contribution in [3.8, 4) is 0 Å². The molecule has 0 radical (unpaired) electrons. The van der Waals surface area contributed by atoms with Gasteiger partial charge in [0.2, 0.25) is 5.91 Å². The number of methoxy groups -OCH3 is 1. The van der Waals surface area contributed by atoms with Crippen molar-refractivity contribution in [1.82, 2.24) is 4.90 Å². The molecule has 6 nitrogen and oxygen atoms in total. The van der Waals surface area contributed by atoms with Crippen LogP contribution in [0.4, 0.5) is 0 Å². The molecule has 0 spiro atoms. The lowest BCUT2D eigenvalue weighted by atomic mass is 10.3. The van der Waals surface area contributed by atoms with E-state index in [1.165, 1.54) is 25.2 Å². The maximum atomic E-state index is 12.2. The number of amides is 1. The highest BCUT2D eigenvalue weighted by molar-refractivity contribution is 7.92. The second-order valence-electron chi connectivity index (χ2n) is 4.30. The molecule has 1 heterocycles. The van der Waals surface area contributed by atoms with Gasteiger partial charge in [-0.1, -0.05) is 0 Å². The molecule has 0 fully saturated rings. The maximum absolute atomic E-state index is 12.2. The molecule has 0 aromatic carbocycles. The summed E-state index contributed by atoms with van der Waals surface area (Å²) in [5, 5.41) is -1.07. The number of nitrogens with zero attached hydrogens (tertiary/aromatic N) is 1. The van der Waals surface area contributed by atoms with Crippen LogP contribution in [0.3, 0.4) is 0 Å². The molecule has 1 unspecified atom stereocenters. The van der Waals surface area contributed by atoms with Crippen molar-refractivity contribution in [3.05, 3.63) is 24.2 Å². The van der Waals surface area contributed by atoms with E-state index in [4.69, 9.17) is 9.15 Å². The number of carbonyl (C=O) groups excluding carboxylic acids is 1. The fourth-order valence-electron chi connectivity index (χ4n) is 1.50. The largest absolute Gasteiger partial charge is 0.467 e. The quantitative estimate of drug-likeness (QED) is 0.738. The van der Waals surface area contributed by atoms with Crippen LogP contribution in [0.2, 0.25) is 0 Å². The summed E-state index contributed by atoms with van der Waals surface area (Å²) < 4.78 is 33.0. The van der Waals surface area contributed by atoms with E-state index >= 15 is 0 Å². The van der Waals surface area contributed by atoms with Crippen LogP contribution in [0.15, 0.2) is 22.8 Å². The van der Waals surface area contributed by atoms with Crippen LogP contribution in [-0.2, 0) is 25.9 Å². The van der Waals surface area contributed by atoms with Crippen molar-refractivity contribution in [1.29, 1.82) is 0 Å². The van der Waals surface area contributed by atoms with Gasteiger partial charge in [-0.05, 0) is 19.1 Å². The molecular formula is C12H19NO5S. The number of ether oxygens (including phenoxy) is 1. The van der Waals surface area contributed by atoms with E-state index in [2.05, 4.69) is 0 Å². The molecule has 0 bridgehead atoms. The van der Waals surface area contributed by atoms with Crippen molar-refractivity contribution < 1.29 is 22.4 Å². The van der Waals surface area contributed by atoms with E-state index in [-0.39, 0.29) is 6.54 Å². The second-order valence-corrected chi connectivity index (χ2v) is 6.67. The monoisotopic (exact) mass is 289 g/mol. The lowest BCUT2D eigenvalue weighted by Crippen LogP contribution is -2.42. The lowest BCUT2D eigenvalue weighted by Gasteiger charge is -2.24. The lowest BCUT2D eigenvalue weighted by molar-refractivity contribution is -0.132. The van der Waals surface area contributed by atoms with Gasteiger partial charge in [-0.15, -0.1) is 0 Å². The Balaban J connectivity index is 2.81. The minimum atomic E-state index is -3.41. The van der Waals surface area contributed by atoms with Gasteiger partial charge < -0.3 is 14.1 Å². The standard InChI is InChI=1S/C12H19NO5S/c1-10(19(3,15)16)12(14)13(6-8-17-2)9-11-5-4-7-18-11/h4-5,7,10H,6,8-9H2,1-3H3.